The Balaban J connectivity index is 3.49. The van der Waals surface area contributed by atoms with Crippen LogP contribution in [0.15, 0.2) is 6.07 Å². The second-order valence-corrected chi connectivity index (χ2v) is 4.59. The van der Waals surface area contributed by atoms with Gasteiger partial charge in [0.15, 0.2) is 23.3 Å². The third kappa shape index (κ3) is 2.73. The van der Waals surface area contributed by atoms with Gasteiger partial charge in [0.1, 0.15) is 5.56 Å². The third-order valence-corrected chi connectivity index (χ3v) is 1.95. The molecule has 0 heterocycles. The molecule has 7 heteroatoms. The van der Waals surface area contributed by atoms with E-state index in [2.05, 4.69) is 0 Å². The first-order valence-electron chi connectivity index (χ1n) is 3.78. The molecule has 0 aromatic heterocycles. The molecule has 0 fully saturated rings. The van der Waals surface area contributed by atoms with Gasteiger partial charge < -0.3 is 0 Å². The highest BCUT2D eigenvalue weighted by Gasteiger charge is 2.17. The van der Waals surface area contributed by atoms with Crippen LogP contribution in [0.25, 0.3) is 0 Å². The minimum absolute atomic E-state index is 0.0102. The van der Waals surface area contributed by atoms with Gasteiger partial charge in [-0.05, 0) is 5.92 Å². The molecule has 16 heavy (non-hydrogen) atoms. The summed E-state index contributed by atoms with van der Waals surface area (Å²) in [4.78, 5) is 0. The van der Waals surface area contributed by atoms with Crippen molar-refractivity contribution >= 4 is 9.84 Å². The SMILES string of the molecule is CS(=O)(=O)C#Cc1c(F)c(F)cc(F)c1F. The molecule has 1 aromatic rings. The van der Waals surface area contributed by atoms with Gasteiger partial charge in [-0.3, -0.25) is 0 Å². The Kier molecular flexibility index (Phi) is 3.24. The Hall–Kier alpha value is -1.55. The Morgan fingerprint density at radius 3 is 1.88 bits per heavy atom. The monoisotopic (exact) mass is 252 g/mol. The highest BCUT2D eigenvalue weighted by molar-refractivity contribution is 7.95. The zero-order valence-corrected chi connectivity index (χ0v) is 8.63. The summed E-state index contributed by atoms with van der Waals surface area (Å²) in [5.41, 5.74) is -1.25. The van der Waals surface area contributed by atoms with Crippen molar-refractivity contribution in [3.05, 3.63) is 34.9 Å². The second-order valence-electron chi connectivity index (χ2n) is 2.84. The van der Waals surface area contributed by atoms with Crippen LogP contribution in [0.3, 0.4) is 0 Å². The van der Waals surface area contributed by atoms with Crippen LogP contribution >= 0.6 is 0 Å². The zero-order valence-electron chi connectivity index (χ0n) is 7.81. The summed E-state index contributed by atoms with van der Waals surface area (Å²) in [6.07, 6.45) is 0.686. The molecular formula is C9H4F4O2S. The van der Waals surface area contributed by atoms with E-state index in [0.717, 1.165) is 0 Å². The smallest absolute Gasteiger partial charge is 0.214 e. The normalized spacial score (nSPS) is 10.8. The lowest BCUT2D eigenvalue weighted by atomic mass is 10.2. The van der Waals surface area contributed by atoms with Crippen LogP contribution < -0.4 is 0 Å². The number of rotatable bonds is 0. The van der Waals surface area contributed by atoms with Crippen LogP contribution in [0, 0.1) is 34.4 Å². The van der Waals surface area contributed by atoms with Crippen molar-refractivity contribution in [1.82, 2.24) is 0 Å². The van der Waals surface area contributed by atoms with E-state index in [-0.39, 0.29) is 6.07 Å². The molecule has 0 aliphatic rings. The molecule has 0 amide bonds. The summed E-state index contributed by atoms with van der Waals surface area (Å²) in [5, 5.41) is 1.48. The Morgan fingerprint density at radius 1 is 1.06 bits per heavy atom. The molecular weight excluding hydrogens is 248 g/mol. The lowest BCUT2D eigenvalue weighted by molar-refractivity contribution is 0.450. The number of benzene rings is 1. The van der Waals surface area contributed by atoms with Crippen LogP contribution in [0.1, 0.15) is 5.56 Å². The summed E-state index contributed by atoms with van der Waals surface area (Å²) < 4.78 is 72.3. The van der Waals surface area contributed by atoms with Crippen LogP contribution in [0.5, 0.6) is 0 Å². The van der Waals surface area contributed by atoms with Crippen molar-refractivity contribution in [2.45, 2.75) is 0 Å². The molecule has 0 atom stereocenters. The summed E-state index contributed by atoms with van der Waals surface area (Å²) in [6.45, 7) is 0. The molecule has 1 aromatic carbocycles. The van der Waals surface area contributed by atoms with Gasteiger partial charge in [0.25, 0.3) is 0 Å². The van der Waals surface area contributed by atoms with E-state index in [1.54, 1.807) is 0 Å². The zero-order chi connectivity index (χ0) is 12.5. The van der Waals surface area contributed by atoms with E-state index in [4.69, 9.17) is 0 Å². The molecule has 0 radical (unpaired) electrons. The second kappa shape index (κ2) is 4.14. The maximum absolute atomic E-state index is 12.9. The fraction of sp³-hybridized carbons (Fsp3) is 0.111. The Labute approximate surface area is 88.8 Å². The Morgan fingerprint density at radius 2 is 1.50 bits per heavy atom. The fourth-order valence-corrected chi connectivity index (χ4v) is 1.11. The van der Waals surface area contributed by atoms with E-state index < -0.39 is 38.7 Å². The third-order valence-electron chi connectivity index (χ3n) is 1.47. The summed E-state index contributed by atoms with van der Waals surface area (Å²) >= 11 is 0. The predicted molar refractivity (Wildman–Crippen MR) is 48.0 cm³/mol. The van der Waals surface area contributed by atoms with Gasteiger partial charge in [-0.15, -0.1) is 0 Å². The van der Waals surface area contributed by atoms with Gasteiger partial charge in [0.2, 0.25) is 9.84 Å². The molecule has 86 valence electrons. The molecule has 0 aliphatic heterocycles. The first kappa shape index (κ1) is 12.5. The van der Waals surface area contributed by atoms with Crippen molar-refractivity contribution in [3.63, 3.8) is 0 Å². The van der Waals surface area contributed by atoms with Crippen molar-refractivity contribution in [3.8, 4) is 11.2 Å². The van der Waals surface area contributed by atoms with E-state index in [0.29, 0.717) is 6.26 Å². The molecule has 0 N–H and O–H groups in total. The molecule has 0 bridgehead atoms. The predicted octanol–water partition coefficient (Wildman–Crippen LogP) is 1.60. The first-order chi connectivity index (χ1) is 7.22. The largest absolute Gasteiger partial charge is 0.216 e. The maximum atomic E-state index is 12.9. The highest BCUT2D eigenvalue weighted by Crippen LogP contribution is 2.18. The number of hydrogen-bond acceptors (Lipinski definition) is 2. The van der Waals surface area contributed by atoms with Gasteiger partial charge >= 0.3 is 0 Å². The molecule has 0 unspecified atom stereocenters. The van der Waals surface area contributed by atoms with Crippen LogP contribution in [-0.2, 0) is 9.84 Å². The van der Waals surface area contributed by atoms with Crippen LogP contribution in [-0.4, -0.2) is 14.7 Å². The van der Waals surface area contributed by atoms with Gasteiger partial charge in [0, 0.05) is 11.3 Å². The summed E-state index contributed by atoms with van der Waals surface area (Å²) in [6, 6.07) is 0.0102. The molecule has 1 rings (SSSR count). The van der Waals surface area contributed by atoms with Gasteiger partial charge in [-0.25, -0.2) is 26.0 Å². The van der Waals surface area contributed by atoms with Gasteiger partial charge in [-0.1, -0.05) is 0 Å². The molecule has 0 saturated carbocycles. The van der Waals surface area contributed by atoms with E-state index >= 15 is 0 Å². The molecule has 0 aliphatic carbocycles. The minimum atomic E-state index is -3.82. The number of halogens is 4. The summed E-state index contributed by atoms with van der Waals surface area (Å²) in [5.74, 6) is -5.20. The Bertz CT molecular complexity index is 570. The van der Waals surface area contributed by atoms with Crippen molar-refractivity contribution < 1.29 is 26.0 Å². The topological polar surface area (TPSA) is 34.1 Å². The van der Waals surface area contributed by atoms with E-state index in [1.165, 1.54) is 11.2 Å². The first-order valence-corrected chi connectivity index (χ1v) is 5.67. The standard InChI is InChI=1S/C9H4F4O2S/c1-16(14,15)3-2-5-8(12)6(10)4-7(11)9(5)13/h4H,1H3. The highest BCUT2D eigenvalue weighted by atomic mass is 32.2. The van der Waals surface area contributed by atoms with Crippen molar-refractivity contribution in [2.24, 2.45) is 0 Å². The summed E-state index contributed by atoms with van der Waals surface area (Å²) in [7, 11) is -3.82. The molecule has 0 saturated heterocycles. The average molecular weight is 252 g/mol. The van der Waals surface area contributed by atoms with Crippen molar-refractivity contribution in [2.75, 3.05) is 6.26 Å². The quantitative estimate of drug-likeness (QED) is 0.399. The average Bonchev–Trinajstić information content (AvgIpc) is 2.13. The lowest BCUT2D eigenvalue weighted by Crippen LogP contribution is -1.99. The molecule has 2 nitrogen and oxygen atoms in total. The number of sulfone groups is 1. The van der Waals surface area contributed by atoms with Crippen LogP contribution in [0.4, 0.5) is 17.6 Å². The molecule has 0 spiro atoms. The number of hydrogen-bond donors (Lipinski definition) is 0. The fourth-order valence-electron chi connectivity index (χ4n) is 0.827. The van der Waals surface area contributed by atoms with Gasteiger partial charge in [-0.2, -0.15) is 0 Å². The van der Waals surface area contributed by atoms with E-state index in [1.807, 2.05) is 0 Å². The van der Waals surface area contributed by atoms with Crippen LogP contribution in [0.2, 0.25) is 0 Å². The minimum Gasteiger partial charge on any atom is -0.216 e. The van der Waals surface area contributed by atoms with E-state index in [9.17, 15) is 26.0 Å². The lowest BCUT2D eigenvalue weighted by Gasteiger charge is -1.99. The van der Waals surface area contributed by atoms with Gasteiger partial charge in [0.05, 0.1) is 6.26 Å². The maximum Gasteiger partial charge on any atom is 0.214 e. The van der Waals surface area contributed by atoms with Crippen molar-refractivity contribution in [1.29, 1.82) is 0 Å².